The SMILES string of the molecule is NC(CS)C(=O)NC(Cc1cnc[nH]1)C(=O)NC(CC(=O)O)C(=O)NC(Cc1ccccc1)C(=O)O. The molecule has 194 valence electrons. The number of nitrogens with one attached hydrogen (secondary N) is 4. The maximum atomic E-state index is 13.0. The molecule has 3 amide bonds. The van der Waals surface area contributed by atoms with Crippen LogP contribution in [0.25, 0.3) is 0 Å². The predicted octanol–water partition coefficient (Wildman–Crippen LogP) is -1.53. The van der Waals surface area contributed by atoms with Crippen LogP contribution in [0, 0.1) is 0 Å². The van der Waals surface area contributed by atoms with Crippen molar-refractivity contribution in [2.24, 2.45) is 5.73 Å². The molecule has 1 heterocycles. The average molecular weight is 521 g/mol. The predicted molar refractivity (Wildman–Crippen MR) is 130 cm³/mol. The maximum Gasteiger partial charge on any atom is 0.326 e. The van der Waals surface area contributed by atoms with E-state index in [1.807, 2.05) is 0 Å². The summed E-state index contributed by atoms with van der Waals surface area (Å²) in [6.07, 6.45) is 1.84. The number of carbonyl (C=O) groups excluding carboxylic acids is 3. The fraction of sp³-hybridized carbons (Fsp3) is 0.364. The van der Waals surface area contributed by atoms with E-state index in [1.54, 1.807) is 30.3 Å². The highest BCUT2D eigenvalue weighted by atomic mass is 32.1. The Morgan fingerprint density at radius 3 is 2.08 bits per heavy atom. The summed E-state index contributed by atoms with van der Waals surface area (Å²) in [6, 6.07) is 3.26. The summed E-state index contributed by atoms with van der Waals surface area (Å²) in [5.74, 6) is -5.30. The largest absolute Gasteiger partial charge is 0.481 e. The van der Waals surface area contributed by atoms with Gasteiger partial charge in [0.05, 0.1) is 18.8 Å². The molecule has 0 aliphatic rings. The number of rotatable bonds is 14. The first-order chi connectivity index (χ1) is 17.1. The van der Waals surface area contributed by atoms with E-state index in [1.165, 1.54) is 12.5 Å². The molecule has 0 radical (unpaired) electrons. The molecule has 0 bridgehead atoms. The summed E-state index contributed by atoms with van der Waals surface area (Å²) >= 11 is 3.95. The zero-order chi connectivity index (χ0) is 26.7. The average Bonchev–Trinajstić information content (AvgIpc) is 3.35. The highest BCUT2D eigenvalue weighted by Crippen LogP contribution is 2.06. The number of amides is 3. The van der Waals surface area contributed by atoms with Crippen molar-refractivity contribution < 1.29 is 34.2 Å². The van der Waals surface area contributed by atoms with Gasteiger partial charge in [-0.3, -0.25) is 19.2 Å². The molecule has 0 fully saturated rings. The number of aromatic amines is 1. The lowest BCUT2D eigenvalue weighted by Gasteiger charge is -2.24. The summed E-state index contributed by atoms with van der Waals surface area (Å²) in [6.45, 7) is 0. The number of benzene rings is 1. The number of hydrogen-bond acceptors (Lipinski definition) is 8. The van der Waals surface area contributed by atoms with Gasteiger partial charge in [0.1, 0.15) is 18.1 Å². The molecule has 2 aromatic rings. The van der Waals surface area contributed by atoms with Gasteiger partial charge in [0.15, 0.2) is 0 Å². The fourth-order valence-corrected chi connectivity index (χ4v) is 3.33. The molecule has 0 aliphatic heterocycles. The molecule has 8 N–H and O–H groups in total. The molecule has 0 saturated carbocycles. The number of nitrogens with two attached hydrogens (primary N) is 1. The lowest BCUT2D eigenvalue weighted by molar-refractivity contribution is -0.143. The van der Waals surface area contributed by atoms with Crippen LogP contribution in [-0.4, -0.2) is 79.8 Å². The number of H-pyrrole nitrogens is 1. The molecule has 0 spiro atoms. The molecule has 0 aliphatic carbocycles. The van der Waals surface area contributed by atoms with E-state index in [0.29, 0.717) is 11.3 Å². The second-order valence-corrected chi connectivity index (χ2v) is 8.24. The van der Waals surface area contributed by atoms with Crippen LogP contribution >= 0.6 is 12.6 Å². The van der Waals surface area contributed by atoms with Crippen LogP contribution in [-0.2, 0) is 36.8 Å². The van der Waals surface area contributed by atoms with E-state index in [-0.39, 0.29) is 18.6 Å². The summed E-state index contributed by atoms with van der Waals surface area (Å²) in [5.41, 5.74) is 6.77. The van der Waals surface area contributed by atoms with Crippen molar-refractivity contribution in [1.82, 2.24) is 25.9 Å². The normalized spacial score (nSPS) is 14.1. The smallest absolute Gasteiger partial charge is 0.326 e. The van der Waals surface area contributed by atoms with Gasteiger partial charge in [-0.05, 0) is 5.56 Å². The van der Waals surface area contributed by atoms with E-state index in [2.05, 4.69) is 38.5 Å². The molecule has 4 atom stereocenters. The van der Waals surface area contributed by atoms with Gasteiger partial charge in [0.25, 0.3) is 0 Å². The fourth-order valence-electron chi connectivity index (χ4n) is 3.17. The first kappa shape index (κ1) is 28.3. The Morgan fingerprint density at radius 1 is 0.917 bits per heavy atom. The lowest BCUT2D eigenvalue weighted by Crippen LogP contribution is -2.58. The number of carboxylic acid groups (broad SMARTS) is 2. The van der Waals surface area contributed by atoms with Gasteiger partial charge in [-0.15, -0.1) is 0 Å². The topological polar surface area (TPSA) is 217 Å². The lowest BCUT2D eigenvalue weighted by atomic mass is 10.0. The molecule has 1 aromatic carbocycles. The Kier molecular flexibility index (Phi) is 10.9. The third-order valence-electron chi connectivity index (χ3n) is 5.05. The first-order valence-electron chi connectivity index (χ1n) is 10.8. The van der Waals surface area contributed by atoms with Crippen LogP contribution in [0.5, 0.6) is 0 Å². The minimum Gasteiger partial charge on any atom is -0.481 e. The molecule has 36 heavy (non-hydrogen) atoms. The van der Waals surface area contributed by atoms with E-state index in [4.69, 9.17) is 5.73 Å². The number of carboxylic acids is 2. The van der Waals surface area contributed by atoms with E-state index in [9.17, 15) is 34.2 Å². The number of carbonyl (C=O) groups is 5. The third-order valence-corrected chi connectivity index (χ3v) is 5.45. The Morgan fingerprint density at radius 2 is 1.53 bits per heavy atom. The molecule has 0 saturated heterocycles. The Balaban J connectivity index is 2.18. The van der Waals surface area contributed by atoms with Crippen molar-refractivity contribution in [2.45, 2.75) is 43.4 Å². The van der Waals surface area contributed by atoms with Crippen molar-refractivity contribution in [3.05, 3.63) is 54.1 Å². The summed E-state index contributed by atoms with van der Waals surface area (Å²) in [5, 5.41) is 25.8. The second-order valence-electron chi connectivity index (χ2n) is 7.88. The number of nitrogens with zero attached hydrogens (tertiary/aromatic N) is 1. The Hall–Kier alpha value is -3.91. The van der Waals surface area contributed by atoms with Crippen molar-refractivity contribution in [3.63, 3.8) is 0 Å². The number of thiol groups is 1. The van der Waals surface area contributed by atoms with Gasteiger partial charge >= 0.3 is 11.9 Å². The number of aromatic nitrogens is 2. The quantitative estimate of drug-likeness (QED) is 0.135. The Bertz CT molecular complexity index is 1050. The summed E-state index contributed by atoms with van der Waals surface area (Å²) in [7, 11) is 0. The minimum absolute atomic E-state index is 0.00622. The van der Waals surface area contributed by atoms with E-state index < -0.39 is 60.2 Å². The number of aliphatic carboxylic acids is 2. The zero-order valence-electron chi connectivity index (χ0n) is 19.1. The monoisotopic (exact) mass is 520 g/mol. The molecular formula is C22H28N6O7S. The molecule has 1 aromatic heterocycles. The van der Waals surface area contributed by atoms with Crippen molar-refractivity contribution in [1.29, 1.82) is 0 Å². The van der Waals surface area contributed by atoms with Crippen LogP contribution in [0.2, 0.25) is 0 Å². The van der Waals surface area contributed by atoms with Gasteiger partial charge in [0.2, 0.25) is 17.7 Å². The van der Waals surface area contributed by atoms with Gasteiger partial charge in [-0.2, -0.15) is 12.6 Å². The standard InChI is InChI=1S/C22H28N6O7S/c23-14(10-36)19(31)26-15(7-13-9-24-11-25-13)20(32)27-16(8-18(29)30)21(33)28-17(22(34)35)6-12-4-2-1-3-5-12/h1-5,9,11,14-17,36H,6-8,10,23H2,(H,24,25)(H,26,31)(H,27,32)(H,28,33)(H,29,30)(H,34,35). The van der Waals surface area contributed by atoms with Gasteiger partial charge in [-0.1, -0.05) is 30.3 Å². The molecular weight excluding hydrogens is 492 g/mol. The van der Waals surface area contributed by atoms with Gasteiger partial charge in [0, 0.05) is 30.5 Å². The van der Waals surface area contributed by atoms with Crippen LogP contribution in [0.4, 0.5) is 0 Å². The summed E-state index contributed by atoms with van der Waals surface area (Å²) in [4.78, 5) is 67.9. The molecule has 4 unspecified atom stereocenters. The number of imidazole rings is 1. The van der Waals surface area contributed by atoms with E-state index >= 15 is 0 Å². The molecule has 2 rings (SSSR count). The third kappa shape index (κ3) is 9.03. The van der Waals surface area contributed by atoms with E-state index in [0.717, 1.165) is 0 Å². The second kappa shape index (κ2) is 13.8. The van der Waals surface area contributed by atoms with Crippen LogP contribution in [0.15, 0.2) is 42.9 Å². The van der Waals surface area contributed by atoms with Gasteiger partial charge in [-0.25, -0.2) is 9.78 Å². The summed E-state index contributed by atoms with van der Waals surface area (Å²) < 4.78 is 0. The Labute approximate surface area is 211 Å². The minimum atomic E-state index is -1.62. The van der Waals surface area contributed by atoms with Gasteiger partial charge < -0.3 is 36.9 Å². The maximum absolute atomic E-state index is 13.0. The van der Waals surface area contributed by atoms with Crippen molar-refractivity contribution >= 4 is 42.3 Å². The first-order valence-corrected chi connectivity index (χ1v) is 11.5. The van der Waals surface area contributed by atoms with Crippen LogP contribution in [0.3, 0.4) is 0 Å². The van der Waals surface area contributed by atoms with Crippen LogP contribution < -0.4 is 21.7 Å². The number of hydrogen-bond donors (Lipinski definition) is 8. The molecule has 13 nitrogen and oxygen atoms in total. The van der Waals surface area contributed by atoms with Crippen molar-refractivity contribution in [2.75, 3.05) is 5.75 Å². The molecule has 14 heteroatoms. The van der Waals surface area contributed by atoms with Crippen molar-refractivity contribution in [3.8, 4) is 0 Å². The highest BCUT2D eigenvalue weighted by Gasteiger charge is 2.32. The zero-order valence-corrected chi connectivity index (χ0v) is 20.0. The van der Waals surface area contributed by atoms with Crippen LogP contribution in [0.1, 0.15) is 17.7 Å². The highest BCUT2D eigenvalue weighted by molar-refractivity contribution is 7.80.